The van der Waals surface area contributed by atoms with E-state index in [4.69, 9.17) is 0 Å². The molecule has 1 aliphatic rings. The number of rotatable bonds is 3. The lowest BCUT2D eigenvalue weighted by Gasteiger charge is -2.31. The molecule has 0 aliphatic carbocycles. The number of piperidine rings is 1. The molecule has 5 heteroatoms. The number of carbonyl (C=O) groups excluding carboxylic acids is 1. The average molecular weight is 248 g/mol. The summed E-state index contributed by atoms with van der Waals surface area (Å²) in [6.07, 6.45) is 6.69. The number of hydrogen-bond donors (Lipinski definition) is 1. The first-order valence-electron chi connectivity index (χ1n) is 6.42. The largest absolute Gasteiger partial charge is 0.349 e. The van der Waals surface area contributed by atoms with Crippen molar-refractivity contribution < 1.29 is 4.79 Å². The predicted octanol–water partition coefficient (Wildman–Crippen LogP) is 0.886. The minimum atomic E-state index is 0.0113. The van der Waals surface area contributed by atoms with Crippen LogP contribution in [0.3, 0.4) is 0 Å². The Morgan fingerprint density at radius 2 is 2.28 bits per heavy atom. The number of aryl methyl sites for hydroxylation is 1. The summed E-state index contributed by atoms with van der Waals surface area (Å²) in [5, 5.41) is 2.94. The molecule has 2 rings (SSSR count). The van der Waals surface area contributed by atoms with Gasteiger partial charge < -0.3 is 5.32 Å². The van der Waals surface area contributed by atoms with Gasteiger partial charge in [0.1, 0.15) is 0 Å². The number of amides is 1. The van der Waals surface area contributed by atoms with E-state index in [-0.39, 0.29) is 11.9 Å². The highest BCUT2D eigenvalue weighted by Gasteiger charge is 2.25. The van der Waals surface area contributed by atoms with E-state index in [0.717, 1.165) is 30.8 Å². The van der Waals surface area contributed by atoms with Gasteiger partial charge >= 0.3 is 0 Å². The molecule has 0 spiro atoms. The molecule has 1 aromatic rings. The van der Waals surface area contributed by atoms with Crippen LogP contribution in [0.25, 0.3) is 0 Å². The molecule has 18 heavy (non-hydrogen) atoms. The summed E-state index contributed by atoms with van der Waals surface area (Å²) in [7, 11) is 2.01. The molecule has 5 nitrogen and oxygen atoms in total. The number of likely N-dealkylation sites (tertiary alicyclic amines) is 1. The van der Waals surface area contributed by atoms with Crippen LogP contribution in [0.4, 0.5) is 0 Å². The SMILES string of the molecule is Cc1cnc(CNC(=O)C2CCCCN2C)cn1. The van der Waals surface area contributed by atoms with Gasteiger partial charge in [-0.15, -0.1) is 0 Å². The summed E-state index contributed by atoms with van der Waals surface area (Å²) in [6, 6.07) is 0.0113. The Balaban J connectivity index is 1.85. The van der Waals surface area contributed by atoms with Gasteiger partial charge in [-0.2, -0.15) is 0 Å². The van der Waals surface area contributed by atoms with Crippen molar-refractivity contribution >= 4 is 5.91 Å². The highest BCUT2D eigenvalue weighted by molar-refractivity contribution is 5.81. The third-order valence-electron chi connectivity index (χ3n) is 3.35. The zero-order valence-electron chi connectivity index (χ0n) is 11.0. The molecule has 0 radical (unpaired) electrons. The number of carbonyl (C=O) groups is 1. The summed E-state index contributed by atoms with van der Waals surface area (Å²) in [5.41, 5.74) is 1.68. The Morgan fingerprint density at radius 1 is 1.44 bits per heavy atom. The molecule has 98 valence electrons. The number of nitrogens with one attached hydrogen (secondary N) is 1. The van der Waals surface area contributed by atoms with Crippen molar-refractivity contribution in [2.24, 2.45) is 0 Å². The first-order chi connectivity index (χ1) is 8.66. The van der Waals surface area contributed by atoms with Gasteiger partial charge in [0.15, 0.2) is 0 Å². The third-order valence-corrected chi connectivity index (χ3v) is 3.35. The molecule has 1 aromatic heterocycles. The highest BCUT2D eigenvalue weighted by Crippen LogP contribution is 2.14. The maximum atomic E-state index is 12.0. The van der Waals surface area contributed by atoms with Gasteiger partial charge in [-0.1, -0.05) is 6.42 Å². The van der Waals surface area contributed by atoms with Crippen molar-refractivity contribution in [3.05, 3.63) is 23.8 Å². The molecule has 2 heterocycles. The fraction of sp³-hybridized carbons (Fsp3) is 0.615. The van der Waals surface area contributed by atoms with Crippen molar-refractivity contribution in [3.63, 3.8) is 0 Å². The maximum Gasteiger partial charge on any atom is 0.237 e. The Bertz CT molecular complexity index is 404. The van der Waals surface area contributed by atoms with Crippen LogP contribution in [0.5, 0.6) is 0 Å². The minimum Gasteiger partial charge on any atom is -0.349 e. The number of likely N-dealkylation sites (N-methyl/N-ethyl adjacent to an activating group) is 1. The first-order valence-corrected chi connectivity index (χ1v) is 6.42. The second-order valence-corrected chi connectivity index (χ2v) is 4.86. The van der Waals surface area contributed by atoms with Crippen molar-refractivity contribution in [2.45, 2.75) is 38.8 Å². The first kappa shape index (κ1) is 13.0. The van der Waals surface area contributed by atoms with E-state index >= 15 is 0 Å². The average Bonchev–Trinajstić information content (AvgIpc) is 2.38. The molecule has 1 unspecified atom stereocenters. The summed E-state index contributed by atoms with van der Waals surface area (Å²) in [4.78, 5) is 22.6. The normalized spacial score (nSPS) is 20.7. The molecule has 1 fully saturated rings. The van der Waals surface area contributed by atoms with Crippen LogP contribution < -0.4 is 5.32 Å². The number of aromatic nitrogens is 2. The summed E-state index contributed by atoms with van der Waals surface area (Å²) in [6.45, 7) is 3.35. The van der Waals surface area contributed by atoms with E-state index < -0.39 is 0 Å². The van der Waals surface area contributed by atoms with E-state index in [2.05, 4.69) is 20.2 Å². The van der Waals surface area contributed by atoms with Gasteiger partial charge in [0.2, 0.25) is 5.91 Å². The van der Waals surface area contributed by atoms with E-state index in [9.17, 15) is 4.79 Å². The second-order valence-electron chi connectivity index (χ2n) is 4.86. The molecule has 0 saturated carbocycles. The lowest BCUT2D eigenvalue weighted by Crippen LogP contribution is -2.47. The van der Waals surface area contributed by atoms with Crippen LogP contribution in [-0.2, 0) is 11.3 Å². The third kappa shape index (κ3) is 3.26. The molecule has 0 bridgehead atoms. The fourth-order valence-corrected chi connectivity index (χ4v) is 2.21. The van der Waals surface area contributed by atoms with Crippen molar-refractivity contribution in [3.8, 4) is 0 Å². The van der Waals surface area contributed by atoms with Crippen molar-refractivity contribution in [2.75, 3.05) is 13.6 Å². The Hall–Kier alpha value is -1.49. The van der Waals surface area contributed by atoms with Crippen LogP contribution >= 0.6 is 0 Å². The molecule has 1 amide bonds. The quantitative estimate of drug-likeness (QED) is 0.863. The fourth-order valence-electron chi connectivity index (χ4n) is 2.21. The molecule has 1 N–H and O–H groups in total. The van der Waals surface area contributed by atoms with Crippen LogP contribution in [0.2, 0.25) is 0 Å². The molecule has 1 atom stereocenters. The topological polar surface area (TPSA) is 58.1 Å². The van der Waals surface area contributed by atoms with Gasteiger partial charge in [0, 0.05) is 6.20 Å². The lowest BCUT2D eigenvalue weighted by atomic mass is 10.0. The van der Waals surface area contributed by atoms with E-state index in [1.165, 1.54) is 6.42 Å². The molecule has 1 saturated heterocycles. The molecule has 0 aromatic carbocycles. The molecular weight excluding hydrogens is 228 g/mol. The number of hydrogen-bond acceptors (Lipinski definition) is 4. The van der Waals surface area contributed by atoms with Crippen molar-refractivity contribution in [1.29, 1.82) is 0 Å². The standard InChI is InChI=1S/C13H20N4O/c1-10-7-15-11(8-14-10)9-16-13(18)12-5-3-4-6-17(12)2/h7-8,12H,3-6,9H2,1-2H3,(H,16,18). The van der Waals surface area contributed by atoms with Gasteiger partial charge in [-0.25, -0.2) is 0 Å². The predicted molar refractivity (Wildman–Crippen MR) is 68.9 cm³/mol. The lowest BCUT2D eigenvalue weighted by molar-refractivity contribution is -0.127. The Labute approximate surface area is 108 Å². The summed E-state index contributed by atoms with van der Waals surface area (Å²) < 4.78 is 0. The van der Waals surface area contributed by atoms with Crippen LogP contribution in [0.1, 0.15) is 30.7 Å². The van der Waals surface area contributed by atoms with E-state index in [1.807, 2.05) is 14.0 Å². The van der Waals surface area contributed by atoms with Gasteiger partial charge in [0.05, 0.1) is 30.2 Å². The number of nitrogens with zero attached hydrogens (tertiary/aromatic N) is 3. The zero-order valence-corrected chi connectivity index (χ0v) is 11.0. The smallest absolute Gasteiger partial charge is 0.237 e. The summed E-state index contributed by atoms with van der Waals surface area (Å²) >= 11 is 0. The van der Waals surface area contributed by atoms with E-state index in [1.54, 1.807) is 12.4 Å². The van der Waals surface area contributed by atoms with Gasteiger partial charge in [-0.05, 0) is 33.4 Å². The Kier molecular flexibility index (Phi) is 4.25. The monoisotopic (exact) mass is 248 g/mol. The van der Waals surface area contributed by atoms with Crippen molar-refractivity contribution in [1.82, 2.24) is 20.2 Å². The van der Waals surface area contributed by atoms with Gasteiger partial charge in [0.25, 0.3) is 0 Å². The maximum absolute atomic E-state index is 12.0. The Morgan fingerprint density at radius 3 is 2.94 bits per heavy atom. The highest BCUT2D eigenvalue weighted by atomic mass is 16.2. The molecular formula is C13H20N4O. The van der Waals surface area contributed by atoms with Gasteiger partial charge in [-0.3, -0.25) is 19.7 Å². The second kappa shape index (κ2) is 5.91. The summed E-state index contributed by atoms with van der Waals surface area (Å²) in [5.74, 6) is 0.0968. The minimum absolute atomic E-state index is 0.0113. The zero-order chi connectivity index (χ0) is 13.0. The molecule has 1 aliphatic heterocycles. The van der Waals surface area contributed by atoms with Crippen LogP contribution in [0, 0.1) is 6.92 Å². The van der Waals surface area contributed by atoms with E-state index in [0.29, 0.717) is 6.54 Å². The van der Waals surface area contributed by atoms with Crippen LogP contribution in [0.15, 0.2) is 12.4 Å². The van der Waals surface area contributed by atoms with Crippen LogP contribution in [-0.4, -0.2) is 40.4 Å².